The summed E-state index contributed by atoms with van der Waals surface area (Å²) < 4.78 is 4.91. The number of carbonyl (C=O) groups is 1. The number of anilines is 1. The lowest BCUT2D eigenvalue weighted by atomic mass is 9.90. The zero-order valence-corrected chi connectivity index (χ0v) is 11.8. The van der Waals surface area contributed by atoms with Crippen LogP contribution in [0.2, 0.25) is 0 Å². The second-order valence-corrected chi connectivity index (χ2v) is 5.46. The lowest BCUT2D eigenvalue weighted by Gasteiger charge is -2.38. The Kier molecular flexibility index (Phi) is 4.21. The number of hydrogen-bond acceptors (Lipinski definition) is 5. The Morgan fingerprint density at radius 1 is 1.53 bits per heavy atom. The molecule has 0 atom stereocenters. The van der Waals surface area contributed by atoms with Crippen LogP contribution in [0.25, 0.3) is 0 Å². The fourth-order valence-electron chi connectivity index (χ4n) is 2.27. The Morgan fingerprint density at radius 3 is 2.74 bits per heavy atom. The Bertz CT molecular complexity index is 436. The summed E-state index contributed by atoms with van der Waals surface area (Å²) >= 11 is 0. The molecule has 1 saturated heterocycles. The quantitative estimate of drug-likeness (QED) is 0.850. The van der Waals surface area contributed by atoms with E-state index < -0.39 is 0 Å². The first-order chi connectivity index (χ1) is 9.00. The maximum Gasteiger partial charge on any atom is 0.239 e. The van der Waals surface area contributed by atoms with Crippen LogP contribution in [-0.2, 0) is 4.79 Å². The van der Waals surface area contributed by atoms with Crippen LogP contribution >= 0.6 is 0 Å². The van der Waals surface area contributed by atoms with Crippen molar-refractivity contribution in [3.63, 3.8) is 0 Å². The van der Waals surface area contributed by atoms with Gasteiger partial charge in [0.25, 0.3) is 0 Å². The van der Waals surface area contributed by atoms with Crippen LogP contribution in [0, 0.1) is 6.92 Å². The van der Waals surface area contributed by atoms with Gasteiger partial charge in [-0.2, -0.15) is 0 Å². The molecule has 2 rings (SSSR count). The molecule has 1 amide bonds. The van der Waals surface area contributed by atoms with Crippen LogP contribution in [0.5, 0.6) is 0 Å². The molecule has 2 N–H and O–H groups in total. The fraction of sp³-hybridized carbons (Fsp3) is 0.692. The van der Waals surface area contributed by atoms with Crippen LogP contribution in [0.1, 0.15) is 25.5 Å². The van der Waals surface area contributed by atoms with E-state index in [2.05, 4.69) is 27.6 Å². The minimum absolute atomic E-state index is 0.0404. The van der Waals surface area contributed by atoms with Gasteiger partial charge < -0.3 is 15.2 Å². The van der Waals surface area contributed by atoms with Crippen LogP contribution in [0.3, 0.4) is 0 Å². The van der Waals surface area contributed by atoms with E-state index in [4.69, 9.17) is 4.52 Å². The van der Waals surface area contributed by atoms with E-state index in [1.807, 2.05) is 7.05 Å². The van der Waals surface area contributed by atoms with Gasteiger partial charge in [-0.1, -0.05) is 5.16 Å². The number of nitrogens with zero attached hydrogens (tertiary/aromatic N) is 2. The van der Waals surface area contributed by atoms with Gasteiger partial charge in [-0.05, 0) is 33.7 Å². The molecule has 1 aromatic rings. The number of rotatable bonds is 4. The first-order valence-corrected chi connectivity index (χ1v) is 6.65. The Morgan fingerprint density at radius 2 is 2.21 bits per heavy atom. The Balaban J connectivity index is 1.78. The molecule has 1 aliphatic heterocycles. The summed E-state index contributed by atoms with van der Waals surface area (Å²) in [5.74, 6) is 1.14. The highest BCUT2D eigenvalue weighted by atomic mass is 16.5. The number of piperidine rings is 1. The van der Waals surface area contributed by atoms with Gasteiger partial charge in [0.2, 0.25) is 5.91 Å². The van der Waals surface area contributed by atoms with Crippen LogP contribution in [-0.4, -0.2) is 48.2 Å². The number of aromatic nitrogens is 1. The van der Waals surface area contributed by atoms with Crippen LogP contribution in [0.4, 0.5) is 5.82 Å². The van der Waals surface area contributed by atoms with Crippen molar-refractivity contribution in [1.82, 2.24) is 15.4 Å². The molecule has 0 bridgehead atoms. The normalized spacial score (nSPS) is 19.3. The molecule has 1 aliphatic rings. The van der Waals surface area contributed by atoms with Gasteiger partial charge in [0.15, 0.2) is 5.82 Å². The predicted molar refractivity (Wildman–Crippen MR) is 73.0 cm³/mol. The summed E-state index contributed by atoms with van der Waals surface area (Å²) in [4.78, 5) is 14.0. The third-order valence-electron chi connectivity index (χ3n) is 3.83. The highest BCUT2D eigenvalue weighted by Crippen LogP contribution is 2.20. The minimum atomic E-state index is -0.0404. The molecule has 0 spiro atoms. The fourth-order valence-corrected chi connectivity index (χ4v) is 2.27. The highest BCUT2D eigenvalue weighted by Gasteiger charge is 2.28. The molecule has 0 saturated carbocycles. The molecule has 0 aromatic carbocycles. The van der Waals surface area contributed by atoms with E-state index in [0.29, 0.717) is 18.1 Å². The number of carbonyl (C=O) groups excluding carboxylic acids is 1. The molecular weight excluding hydrogens is 244 g/mol. The molecule has 19 heavy (non-hydrogen) atoms. The number of nitrogens with one attached hydrogen (secondary N) is 2. The third-order valence-corrected chi connectivity index (χ3v) is 3.83. The first-order valence-electron chi connectivity index (χ1n) is 6.65. The van der Waals surface area contributed by atoms with Crippen molar-refractivity contribution >= 4 is 11.7 Å². The predicted octanol–water partition coefficient (Wildman–Crippen LogP) is 0.995. The summed E-state index contributed by atoms with van der Waals surface area (Å²) in [6.07, 6.45) is 2.11. The molecule has 106 valence electrons. The van der Waals surface area contributed by atoms with Crippen molar-refractivity contribution in [3.05, 3.63) is 11.8 Å². The van der Waals surface area contributed by atoms with Crippen molar-refractivity contribution in [2.45, 2.75) is 32.2 Å². The highest BCUT2D eigenvalue weighted by molar-refractivity contribution is 5.91. The Labute approximate surface area is 113 Å². The van der Waals surface area contributed by atoms with Gasteiger partial charge in [0, 0.05) is 24.7 Å². The van der Waals surface area contributed by atoms with E-state index in [9.17, 15) is 4.79 Å². The van der Waals surface area contributed by atoms with E-state index in [1.165, 1.54) is 0 Å². The lowest BCUT2D eigenvalue weighted by molar-refractivity contribution is -0.117. The maximum absolute atomic E-state index is 11.9. The molecule has 1 fully saturated rings. The third kappa shape index (κ3) is 3.78. The van der Waals surface area contributed by atoms with Gasteiger partial charge >= 0.3 is 0 Å². The van der Waals surface area contributed by atoms with Gasteiger partial charge in [-0.3, -0.25) is 9.69 Å². The van der Waals surface area contributed by atoms with E-state index in [0.717, 1.165) is 25.9 Å². The number of amides is 1. The lowest BCUT2D eigenvalue weighted by Crippen LogP contribution is -2.51. The van der Waals surface area contributed by atoms with Crippen LogP contribution in [0.15, 0.2) is 10.6 Å². The summed E-state index contributed by atoms with van der Waals surface area (Å²) in [6, 6.07) is 1.71. The standard InChI is InChI=1S/C13H22N4O2/c1-10-8-11(16-19-10)15-12(18)9-17-6-4-13(2,14-3)5-7-17/h8,14H,4-7,9H2,1-3H3,(H,15,16,18). The summed E-state index contributed by atoms with van der Waals surface area (Å²) in [7, 11) is 2.00. The van der Waals surface area contributed by atoms with Crippen molar-refractivity contribution in [2.75, 3.05) is 32.0 Å². The Hall–Kier alpha value is -1.40. The second-order valence-electron chi connectivity index (χ2n) is 5.46. The van der Waals surface area contributed by atoms with E-state index in [-0.39, 0.29) is 11.4 Å². The van der Waals surface area contributed by atoms with Gasteiger partial charge in [-0.15, -0.1) is 0 Å². The summed E-state index contributed by atoms with van der Waals surface area (Å²) in [5.41, 5.74) is 0.205. The van der Waals surface area contributed by atoms with Crippen molar-refractivity contribution in [3.8, 4) is 0 Å². The van der Waals surface area contributed by atoms with Crippen molar-refractivity contribution in [1.29, 1.82) is 0 Å². The number of hydrogen-bond donors (Lipinski definition) is 2. The van der Waals surface area contributed by atoms with Crippen molar-refractivity contribution < 1.29 is 9.32 Å². The molecule has 0 unspecified atom stereocenters. The van der Waals surface area contributed by atoms with Gasteiger partial charge in [-0.25, -0.2) is 0 Å². The van der Waals surface area contributed by atoms with Gasteiger partial charge in [0.05, 0.1) is 6.54 Å². The minimum Gasteiger partial charge on any atom is -0.360 e. The molecule has 0 radical (unpaired) electrons. The molecule has 6 heteroatoms. The van der Waals surface area contributed by atoms with E-state index >= 15 is 0 Å². The average Bonchev–Trinajstić information content (AvgIpc) is 2.78. The molecule has 1 aromatic heterocycles. The van der Waals surface area contributed by atoms with Crippen LogP contribution < -0.4 is 10.6 Å². The number of aryl methyl sites for hydroxylation is 1. The summed E-state index contributed by atoms with van der Waals surface area (Å²) in [6.45, 7) is 6.30. The SMILES string of the molecule is CNC1(C)CCN(CC(=O)Nc2cc(C)on2)CC1. The molecule has 0 aliphatic carbocycles. The molecule has 6 nitrogen and oxygen atoms in total. The first kappa shape index (κ1) is 14.0. The van der Waals surface area contributed by atoms with Gasteiger partial charge in [0.1, 0.15) is 5.76 Å². The zero-order chi connectivity index (χ0) is 13.9. The number of likely N-dealkylation sites (tertiary alicyclic amines) is 1. The monoisotopic (exact) mass is 266 g/mol. The smallest absolute Gasteiger partial charge is 0.239 e. The average molecular weight is 266 g/mol. The topological polar surface area (TPSA) is 70.4 Å². The van der Waals surface area contributed by atoms with Crippen molar-refractivity contribution in [2.24, 2.45) is 0 Å². The van der Waals surface area contributed by atoms with E-state index in [1.54, 1.807) is 13.0 Å². The largest absolute Gasteiger partial charge is 0.360 e. The molecular formula is C13H22N4O2. The molecule has 2 heterocycles. The summed E-state index contributed by atoms with van der Waals surface area (Å²) in [5, 5.41) is 9.84. The zero-order valence-electron chi connectivity index (χ0n) is 11.8. The second kappa shape index (κ2) is 5.71. The maximum atomic E-state index is 11.9.